The van der Waals surface area contributed by atoms with Gasteiger partial charge < -0.3 is 4.74 Å². The van der Waals surface area contributed by atoms with Crippen LogP contribution in [0.25, 0.3) is 16.8 Å². The Morgan fingerprint density at radius 3 is 2.54 bits per heavy atom. The summed E-state index contributed by atoms with van der Waals surface area (Å²) in [6.45, 7) is 3.87. The monoisotopic (exact) mass is 372 g/mol. The number of benzene rings is 3. The van der Waals surface area contributed by atoms with Crippen molar-refractivity contribution < 1.29 is 14.3 Å². The molecule has 2 N–H and O–H groups in total. The first-order valence-electron chi connectivity index (χ1n) is 8.78. The van der Waals surface area contributed by atoms with E-state index in [9.17, 15) is 9.59 Å². The summed E-state index contributed by atoms with van der Waals surface area (Å²) in [5, 5.41) is 2.14. The number of hydrogen-bond donors (Lipinski definition) is 2. The van der Waals surface area contributed by atoms with Crippen LogP contribution < -0.4 is 15.6 Å². The molecule has 0 saturated carbocycles. The van der Waals surface area contributed by atoms with Crippen LogP contribution in [0.5, 0.6) is 5.75 Å². The van der Waals surface area contributed by atoms with Crippen molar-refractivity contribution in [2.75, 3.05) is 6.61 Å². The normalized spacial score (nSPS) is 10.6. The van der Waals surface area contributed by atoms with E-state index in [1.165, 1.54) is 6.08 Å². The molecule has 0 aliphatic heterocycles. The van der Waals surface area contributed by atoms with E-state index in [1.54, 1.807) is 36.4 Å². The Balaban J connectivity index is 1.63. The molecule has 0 radical (unpaired) electrons. The molecule has 0 spiro atoms. The standard InChI is InChI=1S/C23H20N2O3/c1-2-16-28-21-13-6-5-12-20(21)23(27)25-24-22(26)15-14-18-10-7-9-17-8-3-4-11-19(17)18/h2-15H,1,16H2,(H,24,26)(H,25,27)/b15-14+. The molecule has 0 saturated heterocycles. The quantitative estimate of drug-likeness (QED) is 0.392. The molecule has 0 unspecified atom stereocenters. The smallest absolute Gasteiger partial charge is 0.273 e. The number of hydrazine groups is 1. The average Bonchev–Trinajstić information content (AvgIpc) is 2.74. The van der Waals surface area contributed by atoms with Gasteiger partial charge >= 0.3 is 0 Å². The maximum atomic E-state index is 12.3. The highest BCUT2D eigenvalue weighted by molar-refractivity contribution is 6.00. The Morgan fingerprint density at radius 2 is 1.68 bits per heavy atom. The number of hydrogen-bond acceptors (Lipinski definition) is 3. The molecular formula is C23H20N2O3. The molecule has 0 aliphatic rings. The number of carbonyl (C=O) groups excluding carboxylic acids is 2. The van der Waals surface area contributed by atoms with Gasteiger partial charge in [0.1, 0.15) is 12.4 Å². The van der Waals surface area contributed by atoms with Gasteiger partial charge in [-0.25, -0.2) is 0 Å². The lowest BCUT2D eigenvalue weighted by molar-refractivity contribution is -0.117. The van der Waals surface area contributed by atoms with Crippen LogP contribution in [0.3, 0.4) is 0 Å². The van der Waals surface area contributed by atoms with Gasteiger partial charge in [-0.15, -0.1) is 0 Å². The molecule has 140 valence electrons. The maximum Gasteiger partial charge on any atom is 0.273 e. The zero-order chi connectivity index (χ0) is 19.8. The number of ether oxygens (including phenoxy) is 1. The summed E-state index contributed by atoms with van der Waals surface area (Å²) in [6, 6.07) is 20.6. The molecule has 5 nitrogen and oxygen atoms in total. The van der Waals surface area contributed by atoms with Gasteiger partial charge in [-0.3, -0.25) is 20.4 Å². The van der Waals surface area contributed by atoms with Crippen molar-refractivity contribution in [3.63, 3.8) is 0 Å². The molecule has 0 aliphatic carbocycles. The largest absolute Gasteiger partial charge is 0.489 e. The highest BCUT2D eigenvalue weighted by atomic mass is 16.5. The van der Waals surface area contributed by atoms with Crippen molar-refractivity contribution in [3.8, 4) is 5.75 Å². The Morgan fingerprint density at radius 1 is 0.929 bits per heavy atom. The van der Waals surface area contributed by atoms with Gasteiger partial charge in [-0.1, -0.05) is 67.3 Å². The van der Waals surface area contributed by atoms with Crippen LogP contribution in [0.1, 0.15) is 15.9 Å². The Labute approximate surface area is 163 Å². The number of nitrogens with one attached hydrogen (secondary N) is 2. The Bertz CT molecular complexity index is 1040. The SMILES string of the molecule is C=CCOc1ccccc1C(=O)NNC(=O)/C=C/c1cccc2ccccc12. The topological polar surface area (TPSA) is 67.4 Å². The zero-order valence-electron chi connectivity index (χ0n) is 15.2. The van der Waals surface area contributed by atoms with Gasteiger partial charge in [0.25, 0.3) is 11.8 Å². The third-order valence-corrected chi connectivity index (χ3v) is 4.03. The minimum atomic E-state index is -0.466. The number of amides is 2. The molecular weight excluding hydrogens is 352 g/mol. The first-order valence-corrected chi connectivity index (χ1v) is 8.78. The van der Waals surface area contributed by atoms with Crippen molar-refractivity contribution in [2.45, 2.75) is 0 Å². The van der Waals surface area contributed by atoms with E-state index < -0.39 is 11.8 Å². The molecule has 2 amide bonds. The molecule has 0 bridgehead atoms. The molecule has 5 heteroatoms. The summed E-state index contributed by atoms with van der Waals surface area (Å²) in [6.07, 6.45) is 4.68. The predicted octanol–water partition coefficient (Wildman–Crippen LogP) is 3.88. The Hall–Kier alpha value is -3.86. The van der Waals surface area contributed by atoms with E-state index in [0.717, 1.165) is 16.3 Å². The zero-order valence-corrected chi connectivity index (χ0v) is 15.2. The van der Waals surface area contributed by atoms with Gasteiger partial charge in [0.2, 0.25) is 0 Å². The summed E-state index contributed by atoms with van der Waals surface area (Å²) in [5.74, 6) is -0.488. The minimum Gasteiger partial charge on any atom is -0.489 e. The van der Waals surface area contributed by atoms with Crippen LogP contribution in [0.2, 0.25) is 0 Å². The van der Waals surface area contributed by atoms with Crippen LogP contribution >= 0.6 is 0 Å². The van der Waals surface area contributed by atoms with Crippen molar-refractivity contribution in [3.05, 3.63) is 96.6 Å². The number of carbonyl (C=O) groups is 2. The molecule has 3 rings (SSSR count). The van der Waals surface area contributed by atoms with Gasteiger partial charge in [0, 0.05) is 6.08 Å². The fourth-order valence-corrected chi connectivity index (χ4v) is 2.72. The summed E-state index contributed by atoms with van der Waals surface area (Å²) < 4.78 is 5.45. The van der Waals surface area contributed by atoms with E-state index >= 15 is 0 Å². The van der Waals surface area contributed by atoms with Crippen molar-refractivity contribution in [2.24, 2.45) is 0 Å². The molecule has 0 heterocycles. The fraction of sp³-hybridized carbons (Fsp3) is 0.0435. The van der Waals surface area contributed by atoms with Gasteiger partial charge in [-0.05, 0) is 34.5 Å². The maximum absolute atomic E-state index is 12.3. The third kappa shape index (κ3) is 4.65. The van der Waals surface area contributed by atoms with Crippen LogP contribution in [0.4, 0.5) is 0 Å². The predicted molar refractivity (Wildman–Crippen MR) is 111 cm³/mol. The van der Waals surface area contributed by atoms with E-state index in [-0.39, 0.29) is 6.61 Å². The van der Waals surface area contributed by atoms with E-state index in [2.05, 4.69) is 17.4 Å². The summed E-state index contributed by atoms with van der Waals surface area (Å²) >= 11 is 0. The lowest BCUT2D eigenvalue weighted by atomic mass is 10.0. The van der Waals surface area contributed by atoms with E-state index in [0.29, 0.717) is 11.3 Å². The second-order valence-electron chi connectivity index (χ2n) is 5.94. The van der Waals surface area contributed by atoms with Crippen molar-refractivity contribution >= 4 is 28.7 Å². The molecule has 0 fully saturated rings. The Kier molecular flexibility index (Phi) is 6.21. The van der Waals surface area contributed by atoms with Crippen LogP contribution in [0, 0.1) is 0 Å². The highest BCUT2D eigenvalue weighted by Crippen LogP contribution is 2.19. The summed E-state index contributed by atoms with van der Waals surface area (Å²) in [5.41, 5.74) is 6.02. The van der Waals surface area contributed by atoms with Gasteiger partial charge in [0.15, 0.2) is 0 Å². The second-order valence-corrected chi connectivity index (χ2v) is 5.94. The first-order chi connectivity index (χ1) is 13.7. The van der Waals surface area contributed by atoms with Crippen LogP contribution in [0.15, 0.2) is 85.5 Å². The van der Waals surface area contributed by atoms with Gasteiger partial charge in [0.05, 0.1) is 5.56 Å². The molecule has 0 atom stereocenters. The lowest BCUT2D eigenvalue weighted by Crippen LogP contribution is -2.40. The average molecular weight is 372 g/mol. The molecule has 0 aromatic heterocycles. The number of para-hydroxylation sites is 1. The first kappa shape index (κ1) is 18.9. The number of fused-ring (bicyclic) bond motifs is 1. The van der Waals surface area contributed by atoms with Gasteiger partial charge in [-0.2, -0.15) is 0 Å². The summed E-state index contributed by atoms with van der Waals surface area (Å²) in [7, 11) is 0. The van der Waals surface area contributed by atoms with Crippen molar-refractivity contribution in [1.82, 2.24) is 10.9 Å². The molecule has 28 heavy (non-hydrogen) atoms. The van der Waals surface area contributed by atoms with Crippen LogP contribution in [-0.2, 0) is 4.79 Å². The fourth-order valence-electron chi connectivity index (χ4n) is 2.72. The highest BCUT2D eigenvalue weighted by Gasteiger charge is 2.12. The van der Waals surface area contributed by atoms with Crippen molar-refractivity contribution in [1.29, 1.82) is 0 Å². The lowest BCUT2D eigenvalue weighted by Gasteiger charge is -2.10. The second kappa shape index (κ2) is 9.19. The van der Waals surface area contributed by atoms with E-state index in [1.807, 2.05) is 42.5 Å². The third-order valence-electron chi connectivity index (χ3n) is 4.03. The summed E-state index contributed by atoms with van der Waals surface area (Å²) in [4.78, 5) is 24.4. The minimum absolute atomic E-state index is 0.282. The molecule has 3 aromatic carbocycles. The molecule has 3 aromatic rings. The number of rotatable bonds is 6. The van der Waals surface area contributed by atoms with Crippen LogP contribution in [-0.4, -0.2) is 18.4 Å². The van der Waals surface area contributed by atoms with E-state index in [4.69, 9.17) is 4.74 Å².